The Morgan fingerprint density at radius 2 is 1.88 bits per heavy atom. The number of pyridine rings is 1. The third-order valence-electron chi connectivity index (χ3n) is 3.25. The standard InChI is InChI=1S/C13H11ClN2O/c1-7-8(2)13(17)16-10-6-4-3-5-9(10)15-12(16)11(7)14/h3-6,15H,1-2H3. The van der Waals surface area contributed by atoms with Crippen LogP contribution in [0.25, 0.3) is 16.7 Å². The van der Waals surface area contributed by atoms with E-state index in [-0.39, 0.29) is 5.56 Å². The fourth-order valence-corrected chi connectivity index (χ4v) is 2.39. The molecule has 2 heterocycles. The first-order chi connectivity index (χ1) is 8.11. The van der Waals surface area contributed by atoms with Gasteiger partial charge in [-0.1, -0.05) is 23.7 Å². The van der Waals surface area contributed by atoms with Crippen molar-refractivity contribution in [2.24, 2.45) is 0 Å². The maximum Gasteiger partial charge on any atom is 0.260 e. The molecule has 17 heavy (non-hydrogen) atoms. The van der Waals surface area contributed by atoms with Crippen LogP contribution < -0.4 is 5.56 Å². The monoisotopic (exact) mass is 246 g/mol. The Morgan fingerprint density at radius 3 is 2.65 bits per heavy atom. The maximum atomic E-state index is 12.3. The second-order valence-electron chi connectivity index (χ2n) is 4.20. The highest BCUT2D eigenvalue weighted by molar-refractivity contribution is 6.34. The highest BCUT2D eigenvalue weighted by Crippen LogP contribution is 2.24. The fourth-order valence-electron chi connectivity index (χ4n) is 2.11. The van der Waals surface area contributed by atoms with Crippen molar-refractivity contribution in [3.63, 3.8) is 0 Å². The summed E-state index contributed by atoms with van der Waals surface area (Å²) in [4.78, 5) is 15.4. The Labute approximate surface area is 103 Å². The minimum atomic E-state index is -0.0145. The smallest absolute Gasteiger partial charge is 0.260 e. The van der Waals surface area contributed by atoms with Gasteiger partial charge in [0.2, 0.25) is 0 Å². The van der Waals surface area contributed by atoms with Crippen LogP contribution in [0.3, 0.4) is 0 Å². The Morgan fingerprint density at radius 1 is 1.18 bits per heavy atom. The predicted molar refractivity (Wildman–Crippen MR) is 70.0 cm³/mol. The molecular formula is C13H11ClN2O. The predicted octanol–water partition coefficient (Wildman–Crippen LogP) is 3.05. The van der Waals surface area contributed by atoms with E-state index in [0.29, 0.717) is 16.2 Å². The zero-order chi connectivity index (χ0) is 12.2. The van der Waals surface area contributed by atoms with Gasteiger partial charge in [-0.3, -0.25) is 9.20 Å². The summed E-state index contributed by atoms with van der Waals surface area (Å²) in [5.41, 5.74) is 3.95. The topological polar surface area (TPSA) is 37.3 Å². The van der Waals surface area contributed by atoms with Crippen LogP contribution in [0.5, 0.6) is 0 Å². The van der Waals surface area contributed by atoms with E-state index in [0.717, 1.165) is 16.6 Å². The molecular weight excluding hydrogens is 236 g/mol. The molecule has 86 valence electrons. The van der Waals surface area contributed by atoms with Gasteiger partial charge in [-0.2, -0.15) is 0 Å². The van der Waals surface area contributed by atoms with Gasteiger partial charge in [0.1, 0.15) is 5.65 Å². The van der Waals surface area contributed by atoms with Gasteiger partial charge in [0.05, 0.1) is 16.1 Å². The molecule has 4 heteroatoms. The van der Waals surface area contributed by atoms with Gasteiger partial charge >= 0.3 is 0 Å². The highest BCUT2D eigenvalue weighted by Gasteiger charge is 2.14. The van der Waals surface area contributed by atoms with Crippen molar-refractivity contribution in [3.05, 3.63) is 50.8 Å². The van der Waals surface area contributed by atoms with Crippen molar-refractivity contribution in [2.45, 2.75) is 13.8 Å². The normalized spacial score (nSPS) is 11.5. The third-order valence-corrected chi connectivity index (χ3v) is 3.71. The largest absolute Gasteiger partial charge is 0.338 e. The second-order valence-corrected chi connectivity index (χ2v) is 4.57. The van der Waals surface area contributed by atoms with Crippen LogP contribution in [-0.4, -0.2) is 9.38 Å². The van der Waals surface area contributed by atoms with Crippen molar-refractivity contribution in [1.82, 2.24) is 9.38 Å². The average molecular weight is 247 g/mol. The number of aromatic amines is 1. The molecule has 0 atom stereocenters. The lowest BCUT2D eigenvalue weighted by Gasteiger charge is -2.04. The minimum absolute atomic E-state index is 0.0145. The molecule has 3 rings (SSSR count). The van der Waals surface area contributed by atoms with Gasteiger partial charge in [0, 0.05) is 5.56 Å². The van der Waals surface area contributed by atoms with Gasteiger partial charge in [0.25, 0.3) is 5.56 Å². The molecule has 0 amide bonds. The SMILES string of the molecule is Cc1c(C)c(=O)n2c([nH]c3ccccc32)c1Cl. The van der Waals surface area contributed by atoms with Crippen molar-refractivity contribution >= 4 is 28.3 Å². The molecule has 0 aliphatic rings. The molecule has 1 aromatic carbocycles. The third kappa shape index (κ3) is 1.26. The summed E-state index contributed by atoms with van der Waals surface area (Å²) in [6.07, 6.45) is 0. The number of fused-ring (bicyclic) bond motifs is 3. The first-order valence-corrected chi connectivity index (χ1v) is 5.77. The summed E-state index contributed by atoms with van der Waals surface area (Å²) >= 11 is 6.28. The number of nitrogens with one attached hydrogen (secondary N) is 1. The van der Waals surface area contributed by atoms with E-state index in [1.165, 1.54) is 0 Å². The molecule has 0 fully saturated rings. The van der Waals surface area contributed by atoms with E-state index in [1.807, 2.05) is 31.2 Å². The molecule has 0 aliphatic heterocycles. The summed E-state index contributed by atoms with van der Waals surface area (Å²) in [6, 6.07) is 7.68. The lowest BCUT2D eigenvalue weighted by atomic mass is 10.2. The zero-order valence-electron chi connectivity index (χ0n) is 9.54. The number of nitrogens with zero attached hydrogens (tertiary/aromatic N) is 1. The number of imidazole rings is 1. The molecule has 0 aliphatic carbocycles. The van der Waals surface area contributed by atoms with Gasteiger partial charge in [-0.15, -0.1) is 0 Å². The summed E-state index contributed by atoms with van der Waals surface area (Å²) < 4.78 is 1.64. The number of rotatable bonds is 0. The second kappa shape index (κ2) is 3.37. The van der Waals surface area contributed by atoms with Gasteiger partial charge < -0.3 is 4.98 Å². The van der Waals surface area contributed by atoms with Gasteiger partial charge in [-0.05, 0) is 31.5 Å². The fraction of sp³-hybridized carbons (Fsp3) is 0.154. The molecule has 3 nitrogen and oxygen atoms in total. The number of para-hydroxylation sites is 2. The van der Waals surface area contributed by atoms with Crippen LogP contribution in [0.15, 0.2) is 29.1 Å². The molecule has 0 unspecified atom stereocenters. The zero-order valence-corrected chi connectivity index (χ0v) is 10.3. The van der Waals surface area contributed by atoms with Crippen LogP contribution in [0.1, 0.15) is 11.1 Å². The Kier molecular flexibility index (Phi) is 2.07. The van der Waals surface area contributed by atoms with Crippen LogP contribution in [0.2, 0.25) is 5.02 Å². The lowest BCUT2D eigenvalue weighted by Crippen LogP contribution is -2.17. The summed E-state index contributed by atoms with van der Waals surface area (Å²) in [5, 5.41) is 0.610. The quantitative estimate of drug-likeness (QED) is 0.650. The molecule has 0 radical (unpaired) electrons. The lowest BCUT2D eigenvalue weighted by molar-refractivity contribution is 1.09. The number of benzene rings is 1. The van der Waals surface area contributed by atoms with Crippen LogP contribution >= 0.6 is 11.6 Å². The van der Waals surface area contributed by atoms with E-state index in [4.69, 9.17) is 11.6 Å². The Balaban J connectivity index is 2.72. The molecule has 2 aromatic heterocycles. The van der Waals surface area contributed by atoms with Gasteiger partial charge in [0.15, 0.2) is 0 Å². The maximum absolute atomic E-state index is 12.3. The summed E-state index contributed by atoms with van der Waals surface area (Å²) in [7, 11) is 0. The number of halogens is 1. The van der Waals surface area contributed by atoms with Crippen molar-refractivity contribution < 1.29 is 0 Å². The van der Waals surface area contributed by atoms with Gasteiger partial charge in [-0.25, -0.2) is 0 Å². The van der Waals surface area contributed by atoms with E-state index in [2.05, 4.69) is 4.98 Å². The average Bonchev–Trinajstić information content (AvgIpc) is 2.73. The first-order valence-electron chi connectivity index (χ1n) is 5.39. The number of hydrogen-bond donors (Lipinski definition) is 1. The molecule has 1 N–H and O–H groups in total. The highest BCUT2D eigenvalue weighted by atomic mass is 35.5. The Bertz CT molecular complexity index is 798. The van der Waals surface area contributed by atoms with E-state index in [9.17, 15) is 4.79 Å². The van der Waals surface area contributed by atoms with Crippen LogP contribution in [0.4, 0.5) is 0 Å². The van der Waals surface area contributed by atoms with E-state index < -0.39 is 0 Å². The van der Waals surface area contributed by atoms with Crippen molar-refractivity contribution in [1.29, 1.82) is 0 Å². The molecule has 0 saturated heterocycles. The first kappa shape index (κ1) is 10.4. The minimum Gasteiger partial charge on any atom is -0.338 e. The van der Waals surface area contributed by atoms with Crippen molar-refractivity contribution in [2.75, 3.05) is 0 Å². The number of aromatic nitrogens is 2. The van der Waals surface area contributed by atoms with Crippen LogP contribution in [0, 0.1) is 13.8 Å². The molecule has 0 saturated carbocycles. The van der Waals surface area contributed by atoms with E-state index >= 15 is 0 Å². The number of hydrogen-bond acceptors (Lipinski definition) is 1. The summed E-state index contributed by atoms with van der Waals surface area (Å²) in [5.74, 6) is 0. The van der Waals surface area contributed by atoms with Crippen molar-refractivity contribution in [3.8, 4) is 0 Å². The van der Waals surface area contributed by atoms with E-state index in [1.54, 1.807) is 11.3 Å². The molecule has 3 aromatic rings. The number of H-pyrrole nitrogens is 1. The molecule has 0 bridgehead atoms. The Hall–Kier alpha value is -1.74. The molecule has 0 spiro atoms. The van der Waals surface area contributed by atoms with Crippen LogP contribution in [-0.2, 0) is 0 Å². The summed E-state index contributed by atoms with van der Waals surface area (Å²) in [6.45, 7) is 3.67.